The number of nitrogens with zero attached hydrogens (tertiary/aromatic N) is 2. The number of benzene rings is 2. The van der Waals surface area contributed by atoms with E-state index in [-0.39, 0.29) is 22.8 Å². The highest BCUT2D eigenvalue weighted by atomic mass is 79.9. The lowest BCUT2D eigenvalue weighted by molar-refractivity contribution is 0.100. The molecule has 0 N–H and O–H groups in total. The van der Waals surface area contributed by atoms with Gasteiger partial charge in [-0.25, -0.2) is 0 Å². The van der Waals surface area contributed by atoms with E-state index in [1.54, 1.807) is 0 Å². The average Bonchev–Trinajstić information content (AvgIpc) is 2.63. The van der Waals surface area contributed by atoms with Gasteiger partial charge < -0.3 is 4.90 Å². The summed E-state index contributed by atoms with van der Waals surface area (Å²) < 4.78 is 0. The Morgan fingerprint density at radius 1 is 1.00 bits per heavy atom. The average molecular weight is 415 g/mol. The van der Waals surface area contributed by atoms with Gasteiger partial charge in [-0.3, -0.25) is 9.79 Å². The van der Waals surface area contributed by atoms with Crippen LogP contribution in [0.3, 0.4) is 0 Å². The summed E-state index contributed by atoms with van der Waals surface area (Å²) in [6.07, 6.45) is 3.21. The molecule has 0 aliphatic carbocycles. The van der Waals surface area contributed by atoms with E-state index in [0.717, 1.165) is 42.9 Å². The van der Waals surface area contributed by atoms with Crippen molar-refractivity contribution < 1.29 is 4.79 Å². The number of anilines is 1. The summed E-state index contributed by atoms with van der Waals surface area (Å²) in [5, 5.41) is 0. The van der Waals surface area contributed by atoms with Gasteiger partial charge in [-0.2, -0.15) is 0 Å². The van der Waals surface area contributed by atoms with E-state index in [9.17, 15) is 4.79 Å². The van der Waals surface area contributed by atoms with Crippen LogP contribution in [-0.2, 0) is 0 Å². The lowest BCUT2D eigenvalue weighted by Crippen LogP contribution is -2.37. The van der Waals surface area contributed by atoms with Crippen LogP contribution in [0.5, 0.6) is 0 Å². The van der Waals surface area contributed by atoms with Crippen molar-refractivity contribution in [2.45, 2.75) is 40.0 Å². The zero-order chi connectivity index (χ0) is 17.8. The zero-order valence-electron chi connectivity index (χ0n) is 15.8. The Labute approximate surface area is 166 Å². The van der Waals surface area contributed by atoms with E-state index in [0.29, 0.717) is 6.54 Å². The first-order chi connectivity index (χ1) is 12.0. The van der Waals surface area contributed by atoms with Crippen LogP contribution in [0.25, 0.3) is 0 Å². The molecule has 138 valence electrons. The van der Waals surface area contributed by atoms with Crippen LogP contribution < -0.4 is 4.90 Å². The minimum Gasteiger partial charge on any atom is -0.322 e. The molecule has 0 bridgehead atoms. The number of carbonyl (C=O) groups is 1. The number of aryl methyl sites for hydroxylation is 3. The fourth-order valence-corrected chi connectivity index (χ4v) is 3.20. The molecule has 0 radical (unpaired) electrons. The maximum Gasteiger partial charge on any atom is 0.182 e. The molecule has 3 nitrogen and oxygen atoms in total. The molecule has 0 atom stereocenters. The molecule has 1 aliphatic rings. The molecule has 0 aromatic heterocycles. The van der Waals surface area contributed by atoms with Crippen LogP contribution >= 0.6 is 17.0 Å². The third-order valence-corrected chi connectivity index (χ3v) is 4.75. The fraction of sp³-hybridized carbons (Fsp3) is 0.364. The van der Waals surface area contributed by atoms with E-state index < -0.39 is 0 Å². The second-order valence-electron chi connectivity index (χ2n) is 6.92. The van der Waals surface area contributed by atoms with E-state index in [1.165, 1.54) is 16.7 Å². The van der Waals surface area contributed by atoms with Crippen LogP contribution in [-0.4, -0.2) is 24.7 Å². The maximum atomic E-state index is 12.9. The molecule has 0 fully saturated rings. The number of hydrogen-bond donors (Lipinski definition) is 0. The second-order valence-corrected chi connectivity index (χ2v) is 6.92. The van der Waals surface area contributed by atoms with Gasteiger partial charge in [0.1, 0.15) is 5.84 Å². The van der Waals surface area contributed by atoms with Crippen molar-refractivity contribution in [3.05, 3.63) is 64.7 Å². The van der Waals surface area contributed by atoms with Crippen molar-refractivity contribution in [1.82, 2.24) is 0 Å². The molecular weight excluding hydrogens is 388 g/mol. The van der Waals surface area contributed by atoms with Gasteiger partial charge in [-0.05, 0) is 50.8 Å². The van der Waals surface area contributed by atoms with Gasteiger partial charge in [-0.15, -0.1) is 17.0 Å². The molecule has 3 rings (SSSR count). The SMILES string of the molecule is Br.Cc1ccc(C(=O)CN(C2=NCCCC2)c2cc(C)ccc2C)cc1. The normalized spacial score (nSPS) is 13.6. The van der Waals surface area contributed by atoms with Crippen LogP contribution in [0.1, 0.15) is 46.3 Å². The van der Waals surface area contributed by atoms with Gasteiger partial charge in [0.15, 0.2) is 5.78 Å². The molecule has 0 unspecified atom stereocenters. The van der Waals surface area contributed by atoms with Gasteiger partial charge in [0.2, 0.25) is 0 Å². The number of aliphatic imine (C=N–C) groups is 1. The molecule has 2 aromatic carbocycles. The number of amidine groups is 1. The van der Waals surface area contributed by atoms with E-state index in [4.69, 9.17) is 4.99 Å². The summed E-state index contributed by atoms with van der Waals surface area (Å²) in [4.78, 5) is 19.7. The lowest BCUT2D eigenvalue weighted by atomic mass is 10.0. The van der Waals surface area contributed by atoms with Crippen molar-refractivity contribution in [2.24, 2.45) is 4.99 Å². The quantitative estimate of drug-likeness (QED) is 0.621. The van der Waals surface area contributed by atoms with Gasteiger partial charge in [0.05, 0.1) is 6.54 Å². The molecule has 0 saturated carbocycles. The van der Waals surface area contributed by atoms with Crippen LogP contribution in [0.15, 0.2) is 47.5 Å². The molecule has 2 aromatic rings. The lowest BCUT2D eigenvalue weighted by Gasteiger charge is -2.29. The predicted molar refractivity (Wildman–Crippen MR) is 115 cm³/mol. The topological polar surface area (TPSA) is 32.7 Å². The van der Waals surface area contributed by atoms with Gasteiger partial charge in [0.25, 0.3) is 0 Å². The standard InChI is InChI=1S/C22H26N2O.BrH/c1-16-8-11-19(12-9-16)21(25)15-24(22-6-4-5-13-23-22)20-14-17(2)7-10-18(20)3;/h7-12,14H,4-6,13,15H2,1-3H3;1H. The first-order valence-corrected chi connectivity index (χ1v) is 9.02. The molecule has 0 amide bonds. The van der Waals surface area contributed by atoms with Crippen LogP contribution in [0.2, 0.25) is 0 Å². The van der Waals surface area contributed by atoms with E-state index in [2.05, 4.69) is 36.9 Å². The largest absolute Gasteiger partial charge is 0.322 e. The molecule has 26 heavy (non-hydrogen) atoms. The third-order valence-electron chi connectivity index (χ3n) is 4.75. The van der Waals surface area contributed by atoms with Crippen molar-refractivity contribution in [2.75, 3.05) is 18.0 Å². The minimum atomic E-state index is 0. The summed E-state index contributed by atoms with van der Waals surface area (Å²) >= 11 is 0. The molecule has 0 spiro atoms. The Morgan fingerprint density at radius 3 is 2.35 bits per heavy atom. The van der Waals surface area contributed by atoms with Crippen molar-refractivity contribution in [3.8, 4) is 0 Å². The second kappa shape index (κ2) is 9.13. The van der Waals surface area contributed by atoms with Crippen molar-refractivity contribution in [3.63, 3.8) is 0 Å². The Bertz CT molecular complexity index is 796. The summed E-state index contributed by atoms with van der Waals surface area (Å²) in [5.74, 6) is 1.18. The predicted octanol–water partition coefficient (Wildman–Crippen LogP) is 5.46. The fourth-order valence-electron chi connectivity index (χ4n) is 3.20. The Hall–Kier alpha value is -1.94. The molecule has 1 heterocycles. The van der Waals surface area contributed by atoms with Crippen molar-refractivity contribution >= 4 is 34.3 Å². The highest BCUT2D eigenvalue weighted by Gasteiger charge is 2.21. The first-order valence-electron chi connectivity index (χ1n) is 9.02. The minimum absolute atomic E-state index is 0. The smallest absolute Gasteiger partial charge is 0.182 e. The zero-order valence-corrected chi connectivity index (χ0v) is 17.5. The molecule has 1 aliphatic heterocycles. The maximum absolute atomic E-state index is 12.9. The number of halogens is 1. The van der Waals surface area contributed by atoms with Crippen LogP contribution in [0.4, 0.5) is 5.69 Å². The summed E-state index contributed by atoms with van der Waals surface area (Å²) in [7, 11) is 0. The third kappa shape index (κ3) is 4.82. The Kier molecular flexibility index (Phi) is 7.15. The summed E-state index contributed by atoms with van der Waals surface area (Å²) in [6, 6.07) is 14.2. The van der Waals surface area contributed by atoms with Gasteiger partial charge >= 0.3 is 0 Å². The monoisotopic (exact) mass is 414 g/mol. The van der Waals surface area contributed by atoms with Crippen molar-refractivity contribution in [1.29, 1.82) is 0 Å². The highest BCUT2D eigenvalue weighted by molar-refractivity contribution is 8.93. The van der Waals surface area contributed by atoms with Crippen LogP contribution in [0, 0.1) is 20.8 Å². The highest BCUT2D eigenvalue weighted by Crippen LogP contribution is 2.25. The summed E-state index contributed by atoms with van der Waals surface area (Å²) in [5.41, 5.74) is 5.40. The molecular formula is C22H27BrN2O. The number of carbonyl (C=O) groups excluding carboxylic acids is 1. The Balaban J connectivity index is 0.00000243. The first kappa shape index (κ1) is 20.4. The number of rotatable bonds is 4. The molecule has 4 heteroatoms. The Morgan fingerprint density at radius 2 is 1.69 bits per heavy atom. The number of Topliss-reactive ketones (excluding diaryl/α,β-unsaturated/α-hetero) is 1. The summed E-state index contributed by atoms with van der Waals surface area (Å²) in [6.45, 7) is 7.42. The number of hydrogen-bond acceptors (Lipinski definition) is 3. The van der Waals surface area contributed by atoms with E-state index >= 15 is 0 Å². The van der Waals surface area contributed by atoms with Gasteiger partial charge in [-0.1, -0.05) is 42.0 Å². The van der Waals surface area contributed by atoms with Gasteiger partial charge in [0, 0.05) is 24.2 Å². The van der Waals surface area contributed by atoms with E-state index in [1.807, 2.05) is 31.2 Å². The molecule has 0 saturated heterocycles. The number of ketones is 1.